The van der Waals surface area contributed by atoms with Gasteiger partial charge in [-0.1, -0.05) is 17.7 Å². The molecule has 5 nitrogen and oxygen atoms in total. The summed E-state index contributed by atoms with van der Waals surface area (Å²) >= 11 is 5.97. The first-order valence-corrected chi connectivity index (χ1v) is 10.1. The van der Waals surface area contributed by atoms with E-state index in [1.165, 1.54) is 12.1 Å². The summed E-state index contributed by atoms with van der Waals surface area (Å²) in [7, 11) is 0. The zero-order valence-corrected chi connectivity index (χ0v) is 17.0. The van der Waals surface area contributed by atoms with Crippen LogP contribution in [0.15, 0.2) is 54.7 Å². The number of benzene rings is 2. The molecule has 0 saturated carbocycles. The van der Waals surface area contributed by atoms with Gasteiger partial charge >= 0.3 is 0 Å². The average molecular weight is 426 g/mol. The van der Waals surface area contributed by atoms with Gasteiger partial charge in [0.05, 0.1) is 6.61 Å². The van der Waals surface area contributed by atoms with Crippen molar-refractivity contribution < 1.29 is 14.3 Å². The Morgan fingerprint density at radius 2 is 2.07 bits per heavy atom. The van der Waals surface area contributed by atoms with Gasteiger partial charge in [0.15, 0.2) is 0 Å². The molecule has 0 atom stereocenters. The first kappa shape index (κ1) is 20.3. The number of nitrogens with one attached hydrogen (secondary N) is 1. The van der Waals surface area contributed by atoms with Gasteiger partial charge in [0.2, 0.25) is 0 Å². The van der Waals surface area contributed by atoms with Gasteiger partial charge in [-0.05, 0) is 72.0 Å². The van der Waals surface area contributed by atoms with Crippen molar-refractivity contribution in [3.05, 3.63) is 87.8 Å². The minimum absolute atomic E-state index is 0.0971. The summed E-state index contributed by atoms with van der Waals surface area (Å²) < 4.78 is 13.7. The molecule has 2 N–H and O–H groups in total. The third-order valence-corrected chi connectivity index (χ3v) is 5.30. The first-order chi connectivity index (χ1) is 14.5. The molecule has 0 radical (unpaired) electrons. The highest BCUT2D eigenvalue weighted by Crippen LogP contribution is 2.35. The van der Waals surface area contributed by atoms with Gasteiger partial charge in [0, 0.05) is 35.6 Å². The minimum atomic E-state index is -0.354. The van der Waals surface area contributed by atoms with Gasteiger partial charge < -0.3 is 15.3 Å². The molecule has 0 bridgehead atoms. The predicted molar refractivity (Wildman–Crippen MR) is 115 cm³/mol. The zero-order chi connectivity index (χ0) is 21.1. The third-order valence-electron chi connectivity index (χ3n) is 5.09. The topological polar surface area (TPSA) is 65.5 Å². The van der Waals surface area contributed by atoms with Crippen LogP contribution in [0.3, 0.4) is 0 Å². The van der Waals surface area contributed by atoms with E-state index in [0.29, 0.717) is 23.6 Å². The maximum absolute atomic E-state index is 13.7. The number of aliphatic hydroxyl groups is 1. The Balaban J connectivity index is 1.60. The molecular weight excluding hydrogens is 405 g/mol. The molecule has 7 heteroatoms. The van der Waals surface area contributed by atoms with E-state index in [-0.39, 0.29) is 24.9 Å². The van der Waals surface area contributed by atoms with Crippen LogP contribution in [-0.2, 0) is 12.8 Å². The van der Waals surface area contributed by atoms with Crippen molar-refractivity contribution in [3.63, 3.8) is 0 Å². The van der Waals surface area contributed by atoms with E-state index >= 15 is 0 Å². The summed E-state index contributed by atoms with van der Waals surface area (Å²) in [6, 6.07) is 14.0. The number of halogens is 2. The monoisotopic (exact) mass is 425 g/mol. The van der Waals surface area contributed by atoms with Gasteiger partial charge in [0.1, 0.15) is 11.6 Å². The van der Waals surface area contributed by atoms with E-state index in [1.54, 1.807) is 18.3 Å². The van der Waals surface area contributed by atoms with Crippen molar-refractivity contribution in [1.82, 2.24) is 10.3 Å². The van der Waals surface area contributed by atoms with E-state index < -0.39 is 0 Å². The van der Waals surface area contributed by atoms with Crippen molar-refractivity contribution in [2.45, 2.75) is 12.8 Å². The molecule has 4 rings (SSSR count). The number of aromatic nitrogens is 1. The van der Waals surface area contributed by atoms with Crippen LogP contribution in [0.2, 0.25) is 5.02 Å². The number of pyridine rings is 1. The highest BCUT2D eigenvalue weighted by molar-refractivity contribution is 6.30. The molecule has 1 aromatic heterocycles. The fourth-order valence-corrected chi connectivity index (χ4v) is 4.06. The average Bonchev–Trinajstić information content (AvgIpc) is 3.15. The molecule has 2 heterocycles. The van der Waals surface area contributed by atoms with E-state index in [9.17, 15) is 9.18 Å². The van der Waals surface area contributed by atoms with Crippen LogP contribution in [0.25, 0.3) is 0 Å². The second-order valence-electron chi connectivity index (χ2n) is 7.16. The molecule has 30 heavy (non-hydrogen) atoms. The molecule has 0 saturated heterocycles. The standard InChI is InChI=1S/C23H21ClFN3O2/c24-17-11-16(12-18(25)14-17)10-15-4-6-26-22(13-15)28-8-5-19-20(2-1-3-21(19)28)23(30)27-7-9-29/h1-4,6,11-14,29H,5,7-10H2,(H,27,30). The molecule has 154 valence electrons. The summed E-state index contributed by atoms with van der Waals surface area (Å²) in [4.78, 5) is 19.0. The van der Waals surface area contributed by atoms with Crippen LogP contribution in [0, 0.1) is 5.82 Å². The molecule has 1 amide bonds. The van der Waals surface area contributed by atoms with Crippen molar-refractivity contribution >= 4 is 29.0 Å². The van der Waals surface area contributed by atoms with Crippen molar-refractivity contribution in [1.29, 1.82) is 0 Å². The SMILES string of the molecule is O=C(NCCO)c1cccc2c1CCN2c1cc(Cc2cc(F)cc(Cl)c2)ccn1. The Hall–Kier alpha value is -2.96. The second kappa shape index (κ2) is 8.81. The van der Waals surface area contributed by atoms with Gasteiger partial charge in [-0.2, -0.15) is 0 Å². The van der Waals surface area contributed by atoms with Crippen molar-refractivity contribution in [3.8, 4) is 0 Å². The lowest BCUT2D eigenvalue weighted by atomic mass is 10.0. The van der Waals surface area contributed by atoms with Gasteiger partial charge in [-0.3, -0.25) is 4.79 Å². The smallest absolute Gasteiger partial charge is 0.251 e. The van der Waals surface area contributed by atoms with Crippen LogP contribution >= 0.6 is 11.6 Å². The largest absolute Gasteiger partial charge is 0.395 e. The second-order valence-corrected chi connectivity index (χ2v) is 7.60. The molecule has 0 spiro atoms. The Bertz CT molecular complexity index is 1070. The molecule has 0 fully saturated rings. The Morgan fingerprint density at radius 1 is 1.20 bits per heavy atom. The maximum atomic E-state index is 13.7. The highest BCUT2D eigenvalue weighted by atomic mass is 35.5. The number of aliphatic hydroxyl groups excluding tert-OH is 1. The van der Waals surface area contributed by atoms with Gasteiger partial charge in [-0.15, -0.1) is 0 Å². The summed E-state index contributed by atoms with van der Waals surface area (Å²) in [6.45, 7) is 0.835. The molecule has 1 aliphatic rings. The minimum Gasteiger partial charge on any atom is -0.395 e. The summed E-state index contributed by atoms with van der Waals surface area (Å²) in [5.74, 6) is 0.237. The van der Waals surface area contributed by atoms with Crippen LogP contribution in [0.4, 0.5) is 15.9 Å². The maximum Gasteiger partial charge on any atom is 0.251 e. The number of anilines is 2. The van der Waals surface area contributed by atoms with Crippen molar-refractivity contribution in [2.24, 2.45) is 0 Å². The van der Waals surface area contributed by atoms with E-state index in [1.807, 2.05) is 24.3 Å². The lowest BCUT2D eigenvalue weighted by Gasteiger charge is -2.19. The molecule has 3 aromatic rings. The molecule has 1 aliphatic heterocycles. The number of fused-ring (bicyclic) bond motifs is 1. The van der Waals surface area contributed by atoms with Gasteiger partial charge in [0.25, 0.3) is 5.91 Å². The van der Waals surface area contributed by atoms with Crippen LogP contribution < -0.4 is 10.2 Å². The number of rotatable bonds is 6. The number of hydrogen-bond donors (Lipinski definition) is 2. The van der Waals surface area contributed by atoms with E-state index in [0.717, 1.165) is 34.6 Å². The number of hydrogen-bond acceptors (Lipinski definition) is 4. The van der Waals surface area contributed by atoms with E-state index in [4.69, 9.17) is 16.7 Å². The van der Waals surface area contributed by atoms with E-state index in [2.05, 4.69) is 15.2 Å². The number of carbonyl (C=O) groups excluding carboxylic acids is 1. The summed E-state index contributed by atoms with van der Waals surface area (Å²) in [6.07, 6.45) is 3.00. The number of amides is 1. The predicted octanol–water partition coefficient (Wildman–Crippen LogP) is 3.88. The lowest BCUT2D eigenvalue weighted by Crippen LogP contribution is -2.27. The molecule has 0 aliphatic carbocycles. The Labute approximate surface area is 179 Å². The highest BCUT2D eigenvalue weighted by Gasteiger charge is 2.26. The van der Waals surface area contributed by atoms with Crippen LogP contribution in [-0.4, -0.2) is 35.7 Å². The fourth-order valence-electron chi connectivity index (χ4n) is 3.82. The number of carbonyl (C=O) groups is 1. The normalized spacial score (nSPS) is 12.7. The first-order valence-electron chi connectivity index (χ1n) is 9.73. The molecule has 2 aromatic carbocycles. The quantitative estimate of drug-likeness (QED) is 0.629. The Kier molecular flexibility index (Phi) is 5.97. The lowest BCUT2D eigenvalue weighted by molar-refractivity contribution is 0.0944. The van der Waals surface area contributed by atoms with Crippen molar-refractivity contribution in [2.75, 3.05) is 24.6 Å². The third kappa shape index (κ3) is 4.30. The summed E-state index contributed by atoms with van der Waals surface area (Å²) in [5.41, 5.74) is 4.32. The van der Waals surface area contributed by atoms with Gasteiger partial charge in [-0.25, -0.2) is 9.37 Å². The number of nitrogens with zero attached hydrogens (tertiary/aromatic N) is 2. The zero-order valence-electron chi connectivity index (χ0n) is 16.2. The van der Waals surface area contributed by atoms with Crippen LogP contribution in [0.5, 0.6) is 0 Å². The van der Waals surface area contributed by atoms with Crippen LogP contribution in [0.1, 0.15) is 27.0 Å². The fraction of sp³-hybridized carbons (Fsp3) is 0.217. The summed E-state index contributed by atoms with van der Waals surface area (Å²) in [5, 5.41) is 12.0. The molecular formula is C23H21ClFN3O2. The molecule has 0 unspecified atom stereocenters. The Morgan fingerprint density at radius 3 is 2.87 bits per heavy atom.